The van der Waals surface area contributed by atoms with E-state index in [0.29, 0.717) is 26.2 Å². The van der Waals surface area contributed by atoms with Crippen LogP contribution in [0.5, 0.6) is 0 Å². The Morgan fingerprint density at radius 3 is 2.88 bits per heavy atom. The second-order valence-corrected chi connectivity index (χ2v) is 7.04. The smallest absolute Gasteiger partial charge is 0.227 e. The number of fused-ring (bicyclic) bond motifs is 4. The van der Waals surface area contributed by atoms with Crippen molar-refractivity contribution in [2.75, 3.05) is 33.4 Å². The first kappa shape index (κ1) is 18.1. The number of nitrogens with zero attached hydrogens (tertiary/aromatic N) is 2. The molecule has 3 aliphatic rings. The molecule has 0 radical (unpaired) electrons. The first-order chi connectivity index (χ1) is 12.0. The fourth-order valence-electron chi connectivity index (χ4n) is 3.69. The minimum Gasteiger partial charge on any atom is -0.383 e. The molecule has 0 N–H and O–H groups in total. The number of benzene rings is 1. The largest absolute Gasteiger partial charge is 0.383 e. The fraction of sp³-hybridized carbons (Fsp3) is 0.556. The Labute approximate surface area is 151 Å². The van der Waals surface area contributed by atoms with E-state index in [1.54, 1.807) is 18.1 Å². The summed E-state index contributed by atoms with van der Waals surface area (Å²) in [7, 11) is 1.61. The average Bonchev–Trinajstić information content (AvgIpc) is 2.88. The zero-order chi connectivity index (χ0) is 18.0. The zero-order valence-electron chi connectivity index (χ0n) is 14.2. The van der Waals surface area contributed by atoms with Gasteiger partial charge in [-0.3, -0.25) is 9.59 Å². The van der Waals surface area contributed by atoms with Gasteiger partial charge in [0.2, 0.25) is 11.8 Å². The number of carbonyl (C=O) groups is 2. The summed E-state index contributed by atoms with van der Waals surface area (Å²) in [6.07, 6.45) is 1.58. The normalized spacial score (nSPS) is 23.1. The van der Waals surface area contributed by atoms with Crippen LogP contribution in [-0.4, -0.2) is 61.0 Å². The van der Waals surface area contributed by atoms with Crippen molar-refractivity contribution in [3.05, 3.63) is 34.6 Å². The predicted molar refractivity (Wildman–Crippen MR) is 91.8 cm³/mol. The molecule has 0 unspecified atom stereocenters. The Bertz CT molecular complexity index is 649. The van der Waals surface area contributed by atoms with Crippen molar-refractivity contribution in [2.24, 2.45) is 5.92 Å². The summed E-state index contributed by atoms with van der Waals surface area (Å²) in [6, 6.07) is 4.40. The number of amides is 2. The first-order valence-corrected chi connectivity index (χ1v) is 8.89. The van der Waals surface area contributed by atoms with E-state index in [4.69, 9.17) is 16.3 Å². The molecule has 3 saturated heterocycles. The minimum atomic E-state index is -0.476. The minimum absolute atomic E-state index is 0.00134. The molecule has 5 nitrogen and oxygen atoms in total. The molecule has 2 bridgehead atoms. The van der Waals surface area contributed by atoms with Crippen LogP contribution in [0.4, 0.5) is 4.39 Å². The molecule has 3 aliphatic heterocycles. The lowest BCUT2D eigenvalue weighted by molar-refractivity contribution is -0.140. The van der Waals surface area contributed by atoms with E-state index < -0.39 is 5.82 Å². The van der Waals surface area contributed by atoms with Crippen LogP contribution >= 0.6 is 11.6 Å². The van der Waals surface area contributed by atoms with Crippen LogP contribution in [0.1, 0.15) is 18.4 Å². The SMILES string of the molecule is COCCN1C(=O)[C@@H]2CC[C@H]1CN(C(=O)Cc1c(F)cccc1Cl)C2. The summed E-state index contributed by atoms with van der Waals surface area (Å²) in [5.74, 6) is -0.759. The van der Waals surface area contributed by atoms with E-state index in [0.717, 1.165) is 12.8 Å². The van der Waals surface area contributed by atoms with Gasteiger partial charge in [-0.2, -0.15) is 0 Å². The maximum Gasteiger partial charge on any atom is 0.227 e. The number of hydrogen-bond acceptors (Lipinski definition) is 3. The van der Waals surface area contributed by atoms with E-state index in [-0.39, 0.29) is 40.8 Å². The summed E-state index contributed by atoms with van der Waals surface area (Å²) in [5.41, 5.74) is 0.216. The third kappa shape index (κ3) is 3.80. The van der Waals surface area contributed by atoms with Crippen molar-refractivity contribution in [3.63, 3.8) is 0 Å². The lowest BCUT2D eigenvalue weighted by Crippen LogP contribution is -2.49. The van der Waals surface area contributed by atoms with E-state index in [1.165, 1.54) is 12.1 Å². The van der Waals surface area contributed by atoms with Gasteiger partial charge in [-0.1, -0.05) is 17.7 Å². The first-order valence-electron chi connectivity index (χ1n) is 8.51. The van der Waals surface area contributed by atoms with Gasteiger partial charge in [-0.15, -0.1) is 0 Å². The van der Waals surface area contributed by atoms with Crippen molar-refractivity contribution < 1.29 is 18.7 Å². The second kappa shape index (κ2) is 7.70. The van der Waals surface area contributed by atoms with Gasteiger partial charge < -0.3 is 14.5 Å². The highest BCUT2D eigenvalue weighted by molar-refractivity contribution is 6.31. The van der Waals surface area contributed by atoms with Gasteiger partial charge in [0.25, 0.3) is 0 Å². The number of methoxy groups -OCH3 is 1. The second-order valence-electron chi connectivity index (χ2n) is 6.63. The van der Waals surface area contributed by atoms with Gasteiger partial charge >= 0.3 is 0 Å². The standard InChI is InChI=1S/C18H22ClFN2O3/c1-25-8-7-22-13-6-5-12(18(22)24)10-21(11-13)17(23)9-14-15(19)3-2-4-16(14)20/h2-4,12-13H,5-11H2,1H3/t12-,13+/m1/s1. The van der Waals surface area contributed by atoms with Gasteiger partial charge in [0.1, 0.15) is 5.82 Å². The average molecular weight is 369 g/mol. The van der Waals surface area contributed by atoms with Crippen LogP contribution in [0.3, 0.4) is 0 Å². The Balaban J connectivity index is 1.73. The summed E-state index contributed by atoms with van der Waals surface area (Å²) in [4.78, 5) is 28.8. The Morgan fingerprint density at radius 1 is 1.36 bits per heavy atom. The third-order valence-electron chi connectivity index (χ3n) is 5.07. The molecule has 136 valence electrons. The van der Waals surface area contributed by atoms with Crippen LogP contribution < -0.4 is 0 Å². The van der Waals surface area contributed by atoms with Gasteiger partial charge in [-0.05, 0) is 25.0 Å². The summed E-state index contributed by atoms with van der Waals surface area (Å²) in [6.45, 7) is 1.89. The van der Waals surface area contributed by atoms with Crippen molar-refractivity contribution >= 4 is 23.4 Å². The third-order valence-corrected chi connectivity index (χ3v) is 5.43. The summed E-state index contributed by atoms with van der Waals surface area (Å²) < 4.78 is 19.0. The van der Waals surface area contributed by atoms with Crippen LogP contribution in [-0.2, 0) is 20.7 Å². The molecule has 0 aliphatic carbocycles. The van der Waals surface area contributed by atoms with Crippen molar-refractivity contribution in [3.8, 4) is 0 Å². The van der Waals surface area contributed by atoms with Crippen LogP contribution in [0.2, 0.25) is 5.02 Å². The maximum atomic E-state index is 14.0. The number of hydrogen-bond donors (Lipinski definition) is 0. The molecule has 3 heterocycles. The van der Waals surface area contributed by atoms with Crippen molar-refractivity contribution in [1.82, 2.24) is 9.80 Å². The monoisotopic (exact) mass is 368 g/mol. The highest BCUT2D eigenvalue weighted by Crippen LogP contribution is 2.30. The highest BCUT2D eigenvalue weighted by atomic mass is 35.5. The molecule has 0 spiro atoms. The molecule has 2 amide bonds. The number of ether oxygens (including phenoxy) is 1. The predicted octanol–water partition coefficient (Wildman–Crippen LogP) is 2.12. The quantitative estimate of drug-likeness (QED) is 0.800. The summed E-state index contributed by atoms with van der Waals surface area (Å²) >= 11 is 6.03. The molecule has 25 heavy (non-hydrogen) atoms. The van der Waals surface area contributed by atoms with Crippen LogP contribution in [0, 0.1) is 11.7 Å². The number of halogens is 2. The molecule has 4 rings (SSSR count). The molecule has 1 aromatic rings. The zero-order valence-corrected chi connectivity index (χ0v) is 15.0. The maximum absolute atomic E-state index is 14.0. The van der Waals surface area contributed by atoms with E-state index in [9.17, 15) is 14.0 Å². The lowest BCUT2D eigenvalue weighted by Gasteiger charge is -2.35. The fourth-order valence-corrected chi connectivity index (χ4v) is 3.92. The molecule has 3 fully saturated rings. The van der Waals surface area contributed by atoms with Gasteiger partial charge in [0, 0.05) is 43.4 Å². The van der Waals surface area contributed by atoms with Crippen LogP contribution in [0.25, 0.3) is 0 Å². The Kier molecular flexibility index (Phi) is 5.59. The Hall–Kier alpha value is -1.66. The van der Waals surface area contributed by atoms with E-state index in [1.807, 2.05) is 4.90 Å². The molecular weight excluding hydrogens is 347 g/mol. The molecule has 1 aromatic carbocycles. The molecule has 7 heteroatoms. The van der Waals surface area contributed by atoms with E-state index in [2.05, 4.69) is 0 Å². The highest BCUT2D eigenvalue weighted by Gasteiger charge is 2.41. The molecule has 0 saturated carbocycles. The number of rotatable bonds is 5. The molecule has 0 aromatic heterocycles. The molecule has 2 atom stereocenters. The number of carbonyl (C=O) groups excluding carboxylic acids is 2. The Morgan fingerprint density at radius 2 is 2.16 bits per heavy atom. The van der Waals surface area contributed by atoms with Gasteiger partial charge in [0.05, 0.1) is 18.9 Å². The van der Waals surface area contributed by atoms with Gasteiger partial charge in [-0.25, -0.2) is 4.39 Å². The van der Waals surface area contributed by atoms with E-state index >= 15 is 0 Å². The summed E-state index contributed by atoms with van der Waals surface area (Å²) in [5, 5.41) is 0.254. The van der Waals surface area contributed by atoms with Crippen molar-refractivity contribution in [1.29, 1.82) is 0 Å². The van der Waals surface area contributed by atoms with Gasteiger partial charge in [0.15, 0.2) is 0 Å². The lowest BCUT2D eigenvalue weighted by atomic mass is 9.94. The van der Waals surface area contributed by atoms with Crippen molar-refractivity contribution in [2.45, 2.75) is 25.3 Å². The molecular formula is C18H22ClFN2O3. The van der Waals surface area contributed by atoms with Crippen LogP contribution in [0.15, 0.2) is 18.2 Å². The topological polar surface area (TPSA) is 49.9 Å². The number of piperidine rings is 1.